The molecule has 0 saturated carbocycles. The Bertz CT molecular complexity index is 912. The molecule has 3 rings (SSSR count). The minimum Gasteiger partial charge on any atom is -0.489 e. The van der Waals surface area contributed by atoms with Crippen molar-refractivity contribution in [1.29, 1.82) is 0 Å². The molecule has 1 aromatic carbocycles. The van der Waals surface area contributed by atoms with Gasteiger partial charge >= 0.3 is 0 Å². The van der Waals surface area contributed by atoms with Crippen molar-refractivity contribution in [2.45, 2.75) is 40.2 Å². The van der Waals surface area contributed by atoms with Crippen LogP contribution < -0.4 is 10.1 Å². The molecule has 0 spiro atoms. The van der Waals surface area contributed by atoms with Crippen LogP contribution in [0.1, 0.15) is 42.5 Å². The van der Waals surface area contributed by atoms with E-state index >= 15 is 0 Å². The van der Waals surface area contributed by atoms with Gasteiger partial charge in [0.05, 0.1) is 17.5 Å². The second kappa shape index (κ2) is 6.97. The smallest absolute Gasteiger partial charge is 0.274 e. The first-order valence-electron chi connectivity index (χ1n) is 8.54. The van der Waals surface area contributed by atoms with Crippen molar-refractivity contribution in [2.24, 2.45) is 0 Å². The summed E-state index contributed by atoms with van der Waals surface area (Å²) in [5.41, 5.74) is 3.87. The molecule has 130 valence electrons. The van der Waals surface area contributed by atoms with Gasteiger partial charge in [0.2, 0.25) is 0 Å². The average Bonchev–Trinajstić information content (AvgIpc) is 2.96. The summed E-state index contributed by atoms with van der Waals surface area (Å²) >= 11 is 0. The van der Waals surface area contributed by atoms with E-state index in [1.165, 1.54) is 0 Å². The topological polar surface area (TPSA) is 55.6 Å². The van der Waals surface area contributed by atoms with Crippen molar-refractivity contribution < 1.29 is 9.53 Å². The van der Waals surface area contributed by atoms with E-state index in [2.05, 4.69) is 10.3 Å². The molecule has 0 aliphatic rings. The zero-order chi connectivity index (χ0) is 18.0. The number of pyridine rings is 1. The van der Waals surface area contributed by atoms with Crippen molar-refractivity contribution in [3.8, 4) is 5.75 Å². The fourth-order valence-electron chi connectivity index (χ4n) is 2.85. The SMILES string of the molecule is CCc1nc2c(C)cccn2c1C(=O)Nc1ccccc1OC(C)C. The van der Waals surface area contributed by atoms with Gasteiger partial charge in [-0.05, 0) is 51.0 Å². The number of ether oxygens (including phenoxy) is 1. The lowest BCUT2D eigenvalue weighted by Gasteiger charge is -2.15. The number of fused-ring (bicyclic) bond motifs is 1. The number of para-hydroxylation sites is 2. The normalized spacial score (nSPS) is 11.1. The summed E-state index contributed by atoms with van der Waals surface area (Å²) in [6, 6.07) is 11.4. The first kappa shape index (κ1) is 17.0. The van der Waals surface area contributed by atoms with Crippen molar-refractivity contribution in [1.82, 2.24) is 9.38 Å². The maximum atomic E-state index is 13.0. The highest BCUT2D eigenvalue weighted by molar-refractivity contribution is 6.05. The van der Waals surface area contributed by atoms with E-state index in [1.807, 2.05) is 74.7 Å². The van der Waals surface area contributed by atoms with Crippen LogP contribution in [0.25, 0.3) is 5.65 Å². The number of rotatable bonds is 5. The lowest BCUT2D eigenvalue weighted by atomic mass is 10.2. The van der Waals surface area contributed by atoms with Crippen molar-refractivity contribution in [2.75, 3.05) is 5.32 Å². The number of nitrogens with one attached hydrogen (secondary N) is 1. The fourth-order valence-corrected chi connectivity index (χ4v) is 2.85. The molecular weight excluding hydrogens is 314 g/mol. The molecule has 25 heavy (non-hydrogen) atoms. The Morgan fingerprint density at radius 1 is 1.24 bits per heavy atom. The Morgan fingerprint density at radius 2 is 2.00 bits per heavy atom. The van der Waals surface area contributed by atoms with Crippen LogP contribution in [-0.2, 0) is 6.42 Å². The maximum Gasteiger partial charge on any atom is 0.274 e. The third kappa shape index (κ3) is 3.36. The minimum absolute atomic E-state index is 0.0303. The second-order valence-electron chi connectivity index (χ2n) is 6.26. The number of amides is 1. The van der Waals surface area contributed by atoms with E-state index in [0.717, 1.165) is 16.9 Å². The highest BCUT2D eigenvalue weighted by atomic mass is 16.5. The van der Waals surface area contributed by atoms with Crippen LogP contribution in [0.15, 0.2) is 42.6 Å². The molecule has 0 fully saturated rings. The molecule has 0 unspecified atom stereocenters. The number of anilines is 1. The summed E-state index contributed by atoms with van der Waals surface area (Å²) in [4.78, 5) is 17.6. The zero-order valence-corrected chi connectivity index (χ0v) is 15.0. The lowest BCUT2D eigenvalue weighted by Crippen LogP contribution is -2.17. The van der Waals surface area contributed by atoms with E-state index in [0.29, 0.717) is 23.6 Å². The Hall–Kier alpha value is -2.82. The summed E-state index contributed by atoms with van der Waals surface area (Å²) in [6.07, 6.45) is 2.59. The Morgan fingerprint density at radius 3 is 2.72 bits per heavy atom. The van der Waals surface area contributed by atoms with Gasteiger partial charge in [-0.2, -0.15) is 0 Å². The Balaban J connectivity index is 2.00. The van der Waals surface area contributed by atoms with Gasteiger partial charge in [0.15, 0.2) is 0 Å². The highest BCUT2D eigenvalue weighted by Crippen LogP contribution is 2.26. The summed E-state index contributed by atoms with van der Waals surface area (Å²) in [7, 11) is 0. The number of hydrogen-bond acceptors (Lipinski definition) is 3. The zero-order valence-electron chi connectivity index (χ0n) is 15.0. The summed E-state index contributed by atoms with van der Waals surface area (Å²) < 4.78 is 7.65. The van der Waals surface area contributed by atoms with Crippen LogP contribution >= 0.6 is 0 Å². The molecule has 3 aromatic rings. The molecule has 0 aliphatic heterocycles. The molecule has 0 saturated heterocycles. The number of aryl methyl sites for hydroxylation is 2. The van der Waals surface area contributed by atoms with Crippen molar-refractivity contribution >= 4 is 17.2 Å². The molecule has 0 bridgehead atoms. The third-order valence-electron chi connectivity index (χ3n) is 3.97. The molecule has 0 radical (unpaired) electrons. The fraction of sp³-hybridized carbons (Fsp3) is 0.300. The van der Waals surface area contributed by atoms with Crippen LogP contribution in [0.4, 0.5) is 5.69 Å². The quantitative estimate of drug-likeness (QED) is 0.757. The lowest BCUT2D eigenvalue weighted by molar-refractivity contribution is 0.101. The number of imidazole rings is 1. The Labute approximate surface area is 147 Å². The van der Waals surface area contributed by atoms with Crippen molar-refractivity contribution in [3.63, 3.8) is 0 Å². The van der Waals surface area contributed by atoms with E-state index in [4.69, 9.17) is 4.74 Å². The number of benzene rings is 1. The van der Waals surface area contributed by atoms with Gasteiger partial charge in [-0.3, -0.25) is 9.20 Å². The minimum atomic E-state index is -0.185. The molecule has 1 N–H and O–H groups in total. The van der Waals surface area contributed by atoms with Crippen LogP contribution in [0.2, 0.25) is 0 Å². The molecule has 0 atom stereocenters. The van der Waals surface area contributed by atoms with Crippen LogP contribution in [0, 0.1) is 6.92 Å². The van der Waals surface area contributed by atoms with E-state index in [1.54, 1.807) is 0 Å². The molecule has 0 aliphatic carbocycles. The number of nitrogens with zero attached hydrogens (tertiary/aromatic N) is 2. The van der Waals surface area contributed by atoms with Gasteiger partial charge < -0.3 is 10.1 Å². The summed E-state index contributed by atoms with van der Waals surface area (Å²) in [6.45, 7) is 7.92. The average molecular weight is 337 g/mol. The van der Waals surface area contributed by atoms with Gasteiger partial charge in [-0.1, -0.05) is 25.1 Å². The summed E-state index contributed by atoms with van der Waals surface area (Å²) in [5, 5.41) is 2.98. The standard InChI is InChI=1S/C20H23N3O2/c1-5-15-18(23-12-8-9-14(4)19(23)21-15)20(24)22-16-10-6-7-11-17(16)25-13(2)3/h6-13H,5H2,1-4H3,(H,22,24). The predicted octanol–water partition coefficient (Wildman–Crippen LogP) is 4.24. The van der Waals surface area contributed by atoms with E-state index in [-0.39, 0.29) is 12.0 Å². The second-order valence-corrected chi connectivity index (χ2v) is 6.26. The maximum absolute atomic E-state index is 13.0. The molecule has 5 nitrogen and oxygen atoms in total. The van der Waals surface area contributed by atoms with Crippen LogP contribution in [0.5, 0.6) is 5.75 Å². The van der Waals surface area contributed by atoms with Crippen LogP contribution in [-0.4, -0.2) is 21.4 Å². The number of carbonyl (C=O) groups excluding carboxylic acids is 1. The molecule has 1 amide bonds. The van der Waals surface area contributed by atoms with Gasteiger partial charge in [-0.15, -0.1) is 0 Å². The molecular formula is C20H23N3O2. The first-order valence-corrected chi connectivity index (χ1v) is 8.54. The van der Waals surface area contributed by atoms with Gasteiger partial charge in [-0.25, -0.2) is 4.98 Å². The molecule has 5 heteroatoms. The van der Waals surface area contributed by atoms with Gasteiger partial charge in [0.1, 0.15) is 17.1 Å². The monoisotopic (exact) mass is 337 g/mol. The van der Waals surface area contributed by atoms with Crippen molar-refractivity contribution in [3.05, 3.63) is 59.5 Å². The summed E-state index contributed by atoms with van der Waals surface area (Å²) in [5.74, 6) is 0.476. The van der Waals surface area contributed by atoms with Crippen LogP contribution in [0.3, 0.4) is 0 Å². The van der Waals surface area contributed by atoms with Gasteiger partial charge in [0.25, 0.3) is 5.91 Å². The van der Waals surface area contributed by atoms with E-state index in [9.17, 15) is 4.79 Å². The first-order chi connectivity index (χ1) is 12.0. The number of carbonyl (C=O) groups is 1. The molecule has 2 aromatic heterocycles. The van der Waals surface area contributed by atoms with E-state index < -0.39 is 0 Å². The Kier molecular flexibility index (Phi) is 4.74. The third-order valence-corrected chi connectivity index (χ3v) is 3.97. The predicted molar refractivity (Wildman–Crippen MR) is 99.5 cm³/mol. The number of hydrogen-bond donors (Lipinski definition) is 1. The molecule has 2 heterocycles. The van der Waals surface area contributed by atoms with Gasteiger partial charge in [0, 0.05) is 6.20 Å². The number of aromatic nitrogens is 2. The highest BCUT2D eigenvalue weighted by Gasteiger charge is 2.20. The largest absolute Gasteiger partial charge is 0.489 e.